The molecule has 1 aliphatic rings. The van der Waals surface area contributed by atoms with E-state index in [0.29, 0.717) is 6.29 Å². The third-order valence-electron chi connectivity index (χ3n) is 2.71. The number of hydrogen-bond donors (Lipinski definition) is 0. The highest BCUT2D eigenvalue weighted by Gasteiger charge is 2.14. The van der Waals surface area contributed by atoms with Crippen LogP contribution in [-0.4, -0.2) is 25.0 Å². The highest BCUT2D eigenvalue weighted by atomic mass is 32.2. The summed E-state index contributed by atoms with van der Waals surface area (Å²) < 4.78 is 0. The van der Waals surface area contributed by atoms with Gasteiger partial charge in [0, 0.05) is 17.6 Å². The molecule has 0 unspecified atom stereocenters. The van der Waals surface area contributed by atoms with Crippen LogP contribution in [0, 0.1) is 0 Å². The van der Waals surface area contributed by atoms with Gasteiger partial charge in [-0.25, -0.2) is 0 Å². The van der Waals surface area contributed by atoms with Crippen molar-refractivity contribution in [3.05, 3.63) is 23.8 Å². The Hall–Kier alpha value is -1.29. The Morgan fingerprint density at radius 3 is 3.06 bits per heavy atom. The minimum Gasteiger partial charge on any atom is -0.309 e. The molecule has 0 fully saturated rings. The van der Waals surface area contributed by atoms with Gasteiger partial charge in [-0.2, -0.15) is 0 Å². The van der Waals surface area contributed by atoms with Gasteiger partial charge < -0.3 is 4.90 Å². The van der Waals surface area contributed by atoms with Gasteiger partial charge in [0.15, 0.2) is 0 Å². The average Bonchev–Trinajstić information content (AvgIpc) is 2.36. The summed E-state index contributed by atoms with van der Waals surface area (Å²) >= 11 is 1.85. The monoisotopic (exact) mass is 235 g/mol. The van der Waals surface area contributed by atoms with E-state index in [9.17, 15) is 9.59 Å². The standard InChI is InChI=1S/C12H13NO2S/c1-13(12(15)8-14)10-4-5-11-9(7-10)3-2-6-16-11/h4-5,7-8H,2-3,6H2,1H3. The Morgan fingerprint density at radius 1 is 1.50 bits per heavy atom. The minimum absolute atomic E-state index is 0.341. The number of aldehydes is 1. The molecule has 1 aliphatic heterocycles. The summed E-state index contributed by atoms with van der Waals surface area (Å²) in [4.78, 5) is 24.3. The maximum absolute atomic E-state index is 11.2. The van der Waals surface area contributed by atoms with E-state index in [-0.39, 0.29) is 0 Å². The van der Waals surface area contributed by atoms with Crippen molar-refractivity contribution in [3.8, 4) is 0 Å². The fourth-order valence-corrected chi connectivity index (χ4v) is 2.78. The molecular formula is C12H13NO2S. The van der Waals surface area contributed by atoms with Crippen LogP contribution in [0.2, 0.25) is 0 Å². The number of anilines is 1. The number of carbonyl (C=O) groups excluding carboxylic acids is 2. The van der Waals surface area contributed by atoms with Gasteiger partial charge >= 0.3 is 0 Å². The number of carbonyl (C=O) groups is 2. The highest BCUT2D eigenvalue weighted by molar-refractivity contribution is 7.99. The highest BCUT2D eigenvalue weighted by Crippen LogP contribution is 2.32. The molecule has 1 aromatic rings. The van der Waals surface area contributed by atoms with Crippen LogP contribution in [0.1, 0.15) is 12.0 Å². The van der Waals surface area contributed by atoms with Crippen molar-refractivity contribution in [1.82, 2.24) is 0 Å². The fourth-order valence-electron chi connectivity index (χ4n) is 1.76. The molecular weight excluding hydrogens is 222 g/mol. The van der Waals surface area contributed by atoms with Crippen molar-refractivity contribution in [3.63, 3.8) is 0 Å². The van der Waals surface area contributed by atoms with E-state index >= 15 is 0 Å². The predicted molar refractivity (Wildman–Crippen MR) is 65.0 cm³/mol. The van der Waals surface area contributed by atoms with Gasteiger partial charge in [0.25, 0.3) is 5.91 Å². The largest absolute Gasteiger partial charge is 0.309 e. The number of nitrogens with zero attached hydrogens (tertiary/aromatic N) is 1. The number of benzene rings is 1. The Labute approximate surface area is 98.8 Å². The Balaban J connectivity index is 2.29. The molecule has 0 aromatic heterocycles. The molecule has 1 heterocycles. The maximum atomic E-state index is 11.2. The van der Waals surface area contributed by atoms with E-state index in [2.05, 4.69) is 0 Å². The molecule has 0 radical (unpaired) electrons. The minimum atomic E-state index is -0.511. The number of fused-ring (bicyclic) bond motifs is 1. The quantitative estimate of drug-likeness (QED) is 0.580. The van der Waals surface area contributed by atoms with Crippen LogP contribution in [0.3, 0.4) is 0 Å². The van der Waals surface area contributed by atoms with Crippen molar-refractivity contribution in [2.24, 2.45) is 0 Å². The molecule has 0 aliphatic carbocycles. The van der Waals surface area contributed by atoms with E-state index < -0.39 is 5.91 Å². The number of amides is 1. The number of likely N-dealkylation sites (N-methyl/N-ethyl adjacent to an activating group) is 1. The third kappa shape index (κ3) is 2.11. The van der Waals surface area contributed by atoms with Crippen molar-refractivity contribution in [1.29, 1.82) is 0 Å². The first-order valence-electron chi connectivity index (χ1n) is 5.21. The van der Waals surface area contributed by atoms with Gasteiger partial charge in [-0.1, -0.05) is 0 Å². The summed E-state index contributed by atoms with van der Waals surface area (Å²) in [6.07, 6.45) is 2.57. The van der Waals surface area contributed by atoms with Crippen molar-refractivity contribution in [2.45, 2.75) is 17.7 Å². The zero-order chi connectivity index (χ0) is 11.5. The van der Waals surface area contributed by atoms with Crippen LogP contribution in [0.5, 0.6) is 0 Å². The second-order valence-corrected chi connectivity index (χ2v) is 4.90. The third-order valence-corrected chi connectivity index (χ3v) is 3.91. The molecule has 2 rings (SSSR count). The van der Waals surface area contributed by atoms with Crippen LogP contribution in [0.25, 0.3) is 0 Å². The van der Waals surface area contributed by atoms with E-state index in [1.807, 2.05) is 30.0 Å². The van der Waals surface area contributed by atoms with Gasteiger partial charge in [0.05, 0.1) is 0 Å². The first kappa shape index (κ1) is 11.2. The Bertz CT molecular complexity index is 431. The number of hydrogen-bond acceptors (Lipinski definition) is 3. The van der Waals surface area contributed by atoms with Gasteiger partial charge in [-0.3, -0.25) is 9.59 Å². The van der Waals surface area contributed by atoms with Gasteiger partial charge in [0.1, 0.15) is 0 Å². The van der Waals surface area contributed by atoms with Gasteiger partial charge in [0.2, 0.25) is 6.29 Å². The number of thioether (sulfide) groups is 1. The summed E-state index contributed by atoms with van der Waals surface area (Å²) in [6, 6.07) is 5.92. The van der Waals surface area contributed by atoms with Crippen molar-refractivity contribution in [2.75, 3.05) is 17.7 Å². The van der Waals surface area contributed by atoms with Crippen molar-refractivity contribution < 1.29 is 9.59 Å². The molecule has 4 heteroatoms. The molecule has 0 spiro atoms. The molecule has 0 bridgehead atoms. The molecule has 84 valence electrons. The summed E-state index contributed by atoms with van der Waals surface area (Å²) in [5.74, 6) is 0.651. The molecule has 0 atom stereocenters. The van der Waals surface area contributed by atoms with Crippen molar-refractivity contribution >= 4 is 29.6 Å². The first-order chi connectivity index (χ1) is 7.72. The fraction of sp³-hybridized carbons (Fsp3) is 0.333. The lowest BCUT2D eigenvalue weighted by Gasteiger charge is -2.19. The van der Waals surface area contributed by atoms with Crippen LogP contribution in [0.15, 0.2) is 23.1 Å². The summed E-state index contributed by atoms with van der Waals surface area (Å²) in [7, 11) is 1.62. The van der Waals surface area contributed by atoms with E-state index in [4.69, 9.17) is 0 Å². The molecule has 1 aromatic carbocycles. The van der Waals surface area contributed by atoms with Gasteiger partial charge in [-0.15, -0.1) is 11.8 Å². The summed E-state index contributed by atoms with van der Waals surface area (Å²) in [6.45, 7) is 0. The second-order valence-electron chi connectivity index (χ2n) is 3.76. The number of aryl methyl sites for hydroxylation is 1. The lowest BCUT2D eigenvalue weighted by Crippen LogP contribution is -2.27. The SMILES string of the molecule is CN(C(=O)C=O)c1ccc2c(c1)CCCS2. The smallest absolute Gasteiger partial charge is 0.290 e. The predicted octanol–water partition coefficient (Wildman–Crippen LogP) is 1.89. The maximum Gasteiger partial charge on any atom is 0.290 e. The first-order valence-corrected chi connectivity index (χ1v) is 6.19. The van der Waals surface area contributed by atoms with E-state index in [1.165, 1.54) is 21.8 Å². The molecule has 0 N–H and O–H groups in total. The Kier molecular flexibility index (Phi) is 3.29. The molecule has 1 amide bonds. The van der Waals surface area contributed by atoms with E-state index in [0.717, 1.165) is 17.9 Å². The van der Waals surface area contributed by atoms with Crippen LogP contribution >= 0.6 is 11.8 Å². The number of rotatable bonds is 2. The normalized spacial score (nSPS) is 14.1. The molecule has 0 saturated heterocycles. The summed E-state index contributed by atoms with van der Waals surface area (Å²) in [5, 5.41) is 0. The lowest BCUT2D eigenvalue weighted by atomic mass is 10.1. The molecule has 0 saturated carbocycles. The zero-order valence-electron chi connectivity index (χ0n) is 9.10. The topological polar surface area (TPSA) is 37.4 Å². The lowest BCUT2D eigenvalue weighted by molar-refractivity contribution is -0.129. The van der Waals surface area contributed by atoms with Crippen LogP contribution in [0.4, 0.5) is 5.69 Å². The van der Waals surface area contributed by atoms with Crippen LogP contribution < -0.4 is 4.90 Å². The van der Waals surface area contributed by atoms with Crippen LogP contribution in [-0.2, 0) is 16.0 Å². The Morgan fingerprint density at radius 2 is 2.31 bits per heavy atom. The molecule has 3 nitrogen and oxygen atoms in total. The zero-order valence-corrected chi connectivity index (χ0v) is 9.92. The second kappa shape index (κ2) is 4.70. The van der Waals surface area contributed by atoms with Gasteiger partial charge in [-0.05, 0) is 42.4 Å². The molecule has 16 heavy (non-hydrogen) atoms. The average molecular weight is 235 g/mol. The van der Waals surface area contributed by atoms with E-state index in [1.54, 1.807) is 7.05 Å². The summed E-state index contributed by atoms with van der Waals surface area (Å²) in [5.41, 5.74) is 2.07.